The van der Waals surface area contributed by atoms with Gasteiger partial charge in [-0.05, 0) is 31.0 Å². The van der Waals surface area contributed by atoms with Crippen molar-refractivity contribution in [1.29, 1.82) is 0 Å². The number of ether oxygens (including phenoxy) is 1. The second-order valence-corrected chi connectivity index (χ2v) is 6.65. The molecule has 0 aliphatic heterocycles. The normalized spacial score (nSPS) is 12.1. The van der Waals surface area contributed by atoms with E-state index in [1.165, 1.54) is 19.1 Å². The van der Waals surface area contributed by atoms with E-state index in [2.05, 4.69) is 10.3 Å². The first-order chi connectivity index (χ1) is 12.1. The highest BCUT2D eigenvalue weighted by atomic mass is 35.5. The molecule has 9 heteroatoms. The number of rotatable bonds is 6. The van der Waals surface area contributed by atoms with Crippen LogP contribution in [0.1, 0.15) is 32.3 Å². The van der Waals surface area contributed by atoms with Gasteiger partial charge in [0.1, 0.15) is 27.6 Å². The average Bonchev–Trinajstić information content (AvgIpc) is 2.57. The molecular formula is C17H17Cl2FN2O4. The van der Waals surface area contributed by atoms with Crippen molar-refractivity contribution in [3.8, 4) is 17.2 Å². The highest BCUT2D eigenvalue weighted by Crippen LogP contribution is 2.42. The molecule has 26 heavy (non-hydrogen) atoms. The number of nitrogens with one attached hydrogen (secondary N) is 1. The molecule has 6 nitrogen and oxygen atoms in total. The Morgan fingerprint density at radius 2 is 1.92 bits per heavy atom. The Labute approximate surface area is 159 Å². The number of carbonyl (C=O) groups is 1. The molecule has 1 aromatic heterocycles. The summed E-state index contributed by atoms with van der Waals surface area (Å²) >= 11 is 12.1. The lowest BCUT2D eigenvalue weighted by Gasteiger charge is -2.17. The van der Waals surface area contributed by atoms with Gasteiger partial charge in [0.05, 0.1) is 0 Å². The number of carboxylic acid groups (broad SMARTS) is 1. The molecule has 0 bridgehead atoms. The Morgan fingerprint density at radius 1 is 1.27 bits per heavy atom. The lowest BCUT2D eigenvalue weighted by atomic mass is 10.0. The van der Waals surface area contributed by atoms with Gasteiger partial charge in [-0.3, -0.25) is 4.79 Å². The fourth-order valence-corrected chi connectivity index (χ4v) is 2.58. The summed E-state index contributed by atoms with van der Waals surface area (Å²) in [5, 5.41) is 20.7. The summed E-state index contributed by atoms with van der Waals surface area (Å²) in [5.41, 5.74) is 0.627. The number of halogens is 3. The maximum Gasteiger partial charge on any atom is 0.325 e. The summed E-state index contributed by atoms with van der Waals surface area (Å²) < 4.78 is 19.6. The summed E-state index contributed by atoms with van der Waals surface area (Å²) in [6.07, 6.45) is 0. The van der Waals surface area contributed by atoms with E-state index in [0.717, 1.165) is 0 Å². The van der Waals surface area contributed by atoms with Gasteiger partial charge in [0.2, 0.25) is 5.95 Å². The summed E-state index contributed by atoms with van der Waals surface area (Å²) in [5.74, 6) is -2.24. The number of phenols is 1. The summed E-state index contributed by atoms with van der Waals surface area (Å²) in [4.78, 5) is 14.5. The molecule has 0 spiro atoms. The fourth-order valence-electron chi connectivity index (χ4n) is 2.12. The van der Waals surface area contributed by atoms with Crippen molar-refractivity contribution < 1.29 is 24.1 Å². The molecule has 0 saturated heterocycles. The highest BCUT2D eigenvalue weighted by molar-refractivity contribution is 6.38. The lowest BCUT2D eigenvalue weighted by molar-refractivity contribution is -0.137. The monoisotopic (exact) mass is 402 g/mol. The van der Waals surface area contributed by atoms with Crippen molar-refractivity contribution in [3.63, 3.8) is 0 Å². The number of aromatic nitrogens is 1. The van der Waals surface area contributed by atoms with Crippen LogP contribution in [0, 0.1) is 5.95 Å². The predicted octanol–water partition coefficient (Wildman–Crippen LogP) is 5.03. The number of pyridine rings is 1. The molecule has 1 atom stereocenters. The molecule has 1 heterocycles. The topological polar surface area (TPSA) is 91.7 Å². The first kappa shape index (κ1) is 20.1. The van der Waals surface area contributed by atoms with E-state index >= 15 is 0 Å². The SMILES string of the molecule is CC(Nc1nc(F)c(Cl)c(Oc2ccc(O)c(C(C)C)c2)c1Cl)C(=O)O. The molecule has 0 fully saturated rings. The smallest absolute Gasteiger partial charge is 0.325 e. The van der Waals surface area contributed by atoms with E-state index in [1.54, 1.807) is 6.07 Å². The van der Waals surface area contributed by atoms with Gasteiger partial charge in [0.15, 0.2) is 11.6 Å². The van der Waals surface area contributed by atoms with Crippen LogP contribution in [-0.2, 0) is 4.79 Å². The molecule has 0 amide bonds. The third-order valence-electron chi connectivity index (χ3n) is 3.56. The first-order valence-electron chi connectivity index (χ1n) is 7.66. The lowest BCUT2D eigenvalue weighted by Crippen LogP contribution is -2.26. The molecule has 0 aliphatic rings. The van der Waals surface area contributed by atoms with Crippen LogP contribution in [-0.4, -0.2) is 27.2 Å². The maximum atomic E-state index is 14.0. The van der Waals surface area contributed by atoms with Gasteiger partial charge < -0.3 is 20.3 Å². The van der Waals surface area contributed by atoms with Crippen LogP contribution >= 0.6 is 23.2 Å². The number of phenolic OH excluding ortho intramolecular Hbond substituents is 1. The van der Waals surface area contributed by atoms with Crippen LogP contribution in [0.2, 0.25) is 10.0 Å². The molecule has 2 aromatic rings. The second-order valence-electron chi connectivity index (χ2n) is 5.89. The molecule has 0 saturated carbocycles. The Morgan fingerprint density at radius 3 is 2.50 bits per heavy atom. The maximum absolute atomic E-state index is 14.0. The number of hydrogen-bond acceptors (Lipinski definition) is 5. The van der Waals surface area contributed by atoms with E-state index in [0.29, 0.717) is 5.56 Å². The molecule has 1 unspecified atom stereocenters. The van der Waals surface area contributed by atoms with Gasteiger partial charge in [-0.1, -0.05) is 37.0 Å². The standard InChI is InChI=1S/C17H17Cl2FN2O4/c1-7(2)10-6-9(4-5-11(10)23)26-14-12(18)15(20)22-16(13(14)19)21-8(3)17(24)25/h4-8,23H,1-3H3,(H,21,22)(H,24,25). The second kappa shape index (κ2) is 7.97. The summed E-state index contributed by atoms with van der Waals surface area (Å²) in [7, 11) is 0. The van der Waals surface area contributed by atoms with E-state index < -0.39 is 23.0 Å². The van der Waals surface area contributed by atoms with Gasteiger partial charge in [0, 0.05) is 5.56 Å². The summed E-state index contributed by atoms with van der Waals surface area (Å²) in [6, 6.07) is 3.43. The van der Waals surface area contributed by atoms with Gasteiger partial charge in [0.25, 0.3) is 0 Å². The minimum absolute atomic E-state index is 0.0207. The third-order valence-corrected chi connectivity index (χ3v) is 4.24. The van der Waals surface area contributed by atoms with E-state index in [4.69, 9.17) is 33.0 Å². The van der Waals surface area contributed by atoms with Crippen molar-refractivity contribution in [1.82, 2.24) is 4.98 Å². The number of hydrogen-bond donors (Lipinski definition) is 3. The fraction of sp³-hybridized carbons (Fsp3) is 0.294. The number of anilines is 1. The van der Waals surface area contributed by atoms with E-state index in [9.17, 15) is 14.3 Å². The van der Waals surface area contributed by atoms with Crippen LogP contribution in [0.15, 0.2) is 18.2 Å². The number of benzene rings is 1. The van der Waals surface area contributed by atoms with E-state index in [-0.39, 0.29) is 34.0 Å². The Balaban J connectivity index is 2.45. The highest BCUT2D eigenvalue weighted by Gasteiger charge is 2.22. The Kier molecular flexibility index (Phi) is 6.15. The van der Waals surface area contributed by atoms with Crippen molar-refractivity contribution in [3.05, 3.63) is 39.8 Å². The van der Waals surface area contributed by atoms with Crippen molar-refractivity contribution in [2.45, 2.75) is 32.7 Å². The number of aromatic hydroxyl groups is 1. The minimum Gasteiger partial charge on any atom is -0.508 e. The quantitative estimate of drug-likeness (QED) is 0.586. The summed E-state index contributed by atoms with van der Waals surface area (Å²) in [6.45, 7) is 5.13. The zero-order valence-corrected chi connectivity index (χ0v) is 15.7. The van der Waals surface area contributed by atoms with Gasteiger partial charge >= 0.3 is 5.97 Å². The van der Waals surface area contributed by atoms with Crippen LogP contribution < -0.4 is 10.1 Å². The average molecular weight is 403 g/mol. The van der Waals surface area contributed by atoms with Crippen LogP contribution in [0.4, 0.5) is 10.2 Å². The zero-order valence-electron chi connectivity index (χ0n) is 14.2. The zero-order chi connectivity index (χ0) is 19.6. The molecule has 0 radical (unpaired) electrons. The third kappa shape index (κ3) is 4.28. The van der Waals surface area contributed by atoms with Gasteiger partial charge in [-0.25, -0.2) is 0 Å². The van der Waals surface area contributed by atoms with E-state index in [1.807, 2.05) is 13.8 Å². The molecule has 0 aliphatic carbocycles. The Bertz CT molecular complexity index is 846. The molecule has 1 aromatic carbocycles. The van der Waals surface area contributed by atoms with Gasteiger partial charge in [-0.2, -0.15) is 9.37 Å². The number of nitrogens with zero attached hydrogens (tertiary/aromatic N) is 1. The van der Waals surface area contributed by atoms with Crippen molar-refractivity contribution in [2.24, 2.45) is 0 Å². The Hall–Kier alpha value is -2.25. The predicted molar refractivity (Wildman–Crippen MR) is 97.2 cm³/mol. The largest absolute Gasteiger partial charge is 0.508 e. The van der Waals surface area contributed by atoms with Crippen molar-refractivity contribution in [2.75, 3.05) is 5.32 Å². The molecular weight excluding hydrogens is 386 g/mol. The minimum atomic E-state index is -1.17. The van der Waals surface area contributed by atoms with Crippen LogP contribution in [0.5, 0.6) is 17.2 Å². The number of carboxylic acids is 1. The van der Waals surface area contributed by atoms with Crippen LogP contribution in [0.25, 0.3) is 0 Å². The first-order valence-corrected chi connectivity index (χ1v) is 8.42. The van der Waals surface area contributed by atoms with Crippen molar-refractivity contribution >= 4 is 35.0 Å². The van der Waals surface area contributed by atoms with Crippen LogP contribution in [0.3, 0.4) is 0 Å². The van der Waals surface area contributed by atoms with Gasteiger partial charge in [-0.15, -0.1) is 0 Å². The molecule has 140 valence electrons. The molecule has 3 N–H and O–H groups in total. The number of aliphatic carboxylic acids is 1. The molecule has 2 rings (SSSR count).